The van der Waals surface area contributed by atoms with Crippen LogP contribution in [0.2, 0.25) is 10.0 Å². The lowest BCUT2D eigenvalue weighted by Crippen LogP contribution is -2.32. The predicted molar refractivity (Wildman–Crippen MR) is 101 cm³/mol. The average molecular weight is 381 g/mol. The van der Waals surface area contributed by atoms with Crippen LogP contribution >= 0.6 is 23.2 Å². The molecule has 0 fully saturated rings. The fourth-order valence-corrected chi connectivity index (χ4v) is 2.61. The number of hydrogen-bond acceptors (Lipinski definition) is 3. The monoisotopic (exact) mass is 380 g/mol. The SMILES string of the molecule is COc1ccccc1N(CCC(=O)Nc1ccc(Cl)c(Cl)c1)C(C)=O. The second-order valence-electron chi connectivity index (χ2n) is 5.27. The molecule has 25 heavy (non-hydrogen) atoms. The van der Waals surface area contributed by atoms with Gasteiger partial charge in [-0.3, -0.25) is 9.59 Å². The molecule has 0 spiro atoms. The van der Waals surface area contributed by atoms with E-state index in [0.717, 1.165) is 0 Å². The van der Waals surface area contributed by atoms with Gasteiger partial charge in [0, 0.05) is 25.6 Å². The van der Waals surface area contributed by atoms with Gasteiger partial charge in [-0.05, 0) is 30.3 Å². The standard InChI is InChI=1S/C18H18Cl2N2O3/c1-12(23)22(16-5-3-4-6-17(16)25-2)10-9-18(24)21-13-7-8-14(19)15(20)11-13/h3-8,11H,9-10H2,1-2H3,(H,21,24). The zero-order valence-corrected chi connectivity index (χ0v) is 15.4. The number of carbonyl (C=O) groups is 2. The highest BCUT2D eigenvalue weighted by atomic mass is 35.5. The number of para-hydroxylation sites is 2. The summed E-state index contributed by atoms with van der Waals surface area (Å²) in [4.78, 5) is 25.6. The maximum Gasteiger partial charge on any atom is 0.226 e. The van der Waals surface area contributed by atoms with Gasteiger partial charge in [0.1, 0.15) is 5.75 Å². The Morgan fingerprint density at radius 2 is 1.84 bits per heavy atom. The van der Waals surface area contributed by atoms with Crippen molar-refractivity contribution < 1.29 is 14.3 Å². The normalized spacial score (nSPS) is 10.2. The maximum atomic E-state index is 12.2. The van der Waals surface area contributed by atoms with E-state index in [9.17, 15) is 9.59 Å². The molecule has 0 aliphatic carbocycles. The molecule has 0 atom stereocenters. The topological polar surface area (TPSA) is 58.6 Å². The van der Waals surface area contributed by atoms with E-state index < -0.39 is 0 Å². The van der Waals surface area contributed by atoms with Crippen molar-refractivity contribution in [2.75, 3.05) is 23.9 Å². The highest BCUT2D eigenvalue weighted by Crippen LogP contribution is 2.28. The third kappa shape index (κ3) is 5.11. The Bertz CT molecular complexity index is 781. The highest BCUT2D eigenvalue weighted by molar-refractivity contribution is 6.42. The predicted octanol–water partition coefficient (Wildman–Crippen LogP) is 4.38. The maximum absolute atomic E-state index is 12.2. The Labute approximate surface area is 156 Å². The summed E-state index contributed by atoms with van der Waals surface area (Å²) in [5.41, 5.74) is 1.17. The Morgan fingerprint density at radius 3 is 2.48 bits per heavy atom. The van der Waals surface area contributed by atoms with Crippen molar-refractivity contribution >= 4 is 46.4 Å². The summed E-state index contributed by atoms with van der Waals surface area (Å²) in [6, 6.07) is 12.0. The van der Waals surface area contributed by atoms with Gasteiger partial charge in [0.15, 0.2) is 0 Å². The molecular weight excluding hydrogens is 363 g/mol. The first-order valence-corrected chi connectivity index (χ1v) is 8.34. The number of amides is 2. The molecule has 0 saturated heterocycles. The van der Waals surface area contributed by atoms with Gasteiger partial charge in [0.05, 0.1) is 22.8 Å². The van der Waals surface area contributed by atoms with Crippen LogP contribution in [0.15, 0.2) is 42.5 Å². The first kappa shape index (κ1) is 19.1. The van der Waals surface area contributed by atoms with Gasteiger partial charge in [-0.25, -0.2) is 0 Å². The lowest BCUT2D eigenvalue weighted by atomic mass is 10.2. The second-order valence-corrected chi connectivity index (χ2v) is 6.08. The van der Waals surface area contributed by atoms with Gasteiger partial charge >= 0.3 is 0 Å². The van der Waals surface area contributed by atoms with Crippen LogP contribution in [0.25, 0.3) is 0 Å². The summed E-state index contributed by atoms with van der Waals surface area (Å²) in [6.07, 6.45) is 0.123. The largest absolute Gasteiger partial charge is 0.495 e. The van der Waals surface area contributed by atoms with Crippen LogP contribution in [0.1, 0.15) is 13.3 Å². The third-order valence-corrected chi connectivity index (χ3v) is 4.26. The van der Waals surface area contributed by atoms with E-state index in [1.54, 1.807) is 30.3 Å². The minimum Gasteiger partial charge on any atom is -0.495 e. The average Bonchev–Trinajstić information content (AvgIpc) is 2.58. The smallest absolute Gasteiger partial charge is 0.226 e. The number of methoxy groups -OCH3 is 1. The Kier molecular flexibility index (Phi) is 6.67. The van der Waals surface area contributed by atoms with Crippen molar-refractivity contribution in [1.82, 2.24) is 0 Å². The highest BCUT2D eigenvalue weighted by Gasteiger charge is 2.17. The number of rotatable bonds is 6. The number of nitrogens with one attached hydrogen (secondary N) is 1. The molecule has 2 amide bonds. The van der Waals surface area contributed by atoms with E-state index in [4.69, 9.17) is 27.9 Å². The molecule has 1 N–H and O–H groups in total. The van der Waals surface area contributed by atoms with E-state index in [2.05, 4.69) is 5.32 Å². The zero-order valence-electron chi connectivity index (χ0n) is 13.9. The fraction of sp³-hybridized carbons (Fsp3) is 0.222. The van der Waals surface area contributed by atoms with Crippen molar-refractivity contribution in [2.45, 2.75) is 13.3 Å². The molecule has 0 aliphatic rings. The summed E-state index contributed by atoms with van der Waals surface area (Å²) >= 11 is 11.8. The Balaban J connectivity index is 2.04. The number of carbonyl (C=O) groups excluding carboxylic acids is 2. The third-order valence-electron chi connectivity index (χ3n) is 3.52. The molecule has 0 aromatic heterocycles. The van der Waals surface area contributed by atoms with Gasteiger partial charge in [-0.15, -0.1) is 0 Å². The molecular formula is C18H18Cl2N2O3. The minimum absolute atomic E-state index is 0.123. The number of hydrogen-bond donors (Lipinski definition) is 1. The molecule has 2 rings (SSSR count). The number of anilines is 2. The first-order valence-electron chi connectivity index (χ1n) is 7.58. The lowest BCUT2D eigenvalue weighted by Gasteiger charge is -2.23. The fourth-order valence-electron chi connectivity index (χ4n) is 2.31. The lowest BCUT2D eigenvalue weighted by molar-refractivity contribution is -0.117. The van der Waals surface area contributed by atoms with Crippen molar-refractivity contribution in [2.24, 2.45) is 0 Å². The summed E-state index contributed by atoms with van der Waals surface area (Å²) in [5, 5.41) is 3.51. The molecule has 0 radical (unpaired) electrons. The van der Waals surface area contributed by atoms with Crippen molar-refractivity contribution in [3.8, 4) is 5.75 Å². The molecule has 0 unspecified atom stereocenters. The molecule has 0 bridgehead atoms. The van der Waals surface area contributed by atoms with Crippen molar-refractivity contribution in [3.63, 3.8) is 0 Å². The van der Waals surface area contributed by atoms with Gasteiger partial charge in [0.2, 0.25) is 11.8 Å². The van der Waals surface area contributed by atoms with Gasteiger partial charge in [0.25, 0.3) is 0 Å². The Morgan fingerprint density at radius 1 is 1.12 bits per heavy atom. The van der Waals surface area contributed by atoms with Crippen molar-refractivity contribution in [1.29, 1.82) is 0 Å². The number of halogens is 2. The van der Waals surface area contributed by atoms with E-state index in [1.807, 2.05) is 12.1 Å². The molecule has 2 aromatic rings. The molecule has 0 saturated carbocycles. The second kappa shape index (κ2) is 8.74. The summed E-state index contributed by atoms with van der Waals surface area (Å²) < 4.78 is 5.28. The van der Waals surface area contributed by atoms with Crippen LogP contribution < -0.4 is 15.0 Å². The minimum atomic E-state index is -0.237. The Hall–Kier alpha value is -2.24. The van der Waals surface area contributed by atoms with Crippen LogP contribution in [0, 0.1) is 0 Å². The first-order chi connectivity index (χ1) is 11.9. The number of ether oxygens (including phenoxy) is 1. The summed E-state index contributed by atoms with van der Waals surface area (Å²) in [6.45, 7) is 1.67. The zero-order chi connectivity index (χ0) is 18.4. The number of nitrogens with zero attached hydrogens (tertiary/aromatic N) is 1. The molecule has 0 heterocycles. The van der Waals surface area contributed by atoms with Crippen molar-refractivity contribution in [3.05, 3.63) is 52.5 Å². The molecule has 0 aliphatic heterocycles. The molecule has 5 nitrogen and oxygen atoms in total. The van der Waals surface area contributed by atoms with Crippen LogP contribution in [-0.2, 0) is 9.59 Å². The van der Waals surface area contributed by atoms with E-state index in [1.165, 1.54) is 18.9 Å². The molecule has 7 heteroatoms. The summed E-state index contributed by atoms with van der Waals surface area (Å²) in [7, 11) is 1.54. The van der Waals surface area contributed by atoms with Crippen LogP contribution in [0.4, 0.5) is 11.4 Å². The van der Waals surface area contributed by atoms with E-state index >= 15 is 0 Å². The quantitative estimate of drug-likeness (QED) is 0.808. The van der Waals surface area contributed by atoms with Crippen LogP contribution in [0.3, 0.4) is 0 Å². The summed E-state index contributed by atoms with van der Waals surface area (Å²) in [5.74, 6) is 0.161. The van der Waals surface area contributed by atoms with Crippen LogP contribution in [-0.4, -0.2) is 25.5 Å². The van der Waals surface area contributed by atoms with E-state index in [0.29, 0.717) is 27.2 Å². The number of benzene rings is 2. The van der Waals surface area contributed by atoms with E-state index in [-0.39, 0.29) is 24.8 Å². The molecule has 2 aromatic carbocycles. The van der Waals surface area contributed by atoms with Gasteiger partial charge in [-0.1, -0.05) is 35.3 Å². The van der Waals surface area contributed by atoms with Crippen LogP contribution in [0.5, 0.6) is 5.75 Å². The van der Waals surface area contributed by atoms with Gasteiger partial charge in [-0.2, -0.15) is 0 Å². The van der Waals surface area contributed by atoms with Gasteiger partial charge < -0.3 is 15.0 Å². The molecule has 132 valence electrons.